The molecule has 1 amide bonds. The minimum Gasteiger partial charge on any atom is -0.488 e. The van der Waals surface area contributed by atoms with Crippen LogP contribution in [0.5, 0.6) is 5.75 Å². The lowest BCUT2D eigenvalue weighted by Gasteiger charge is -2.13. The molecule has 0 saturated heterocycles. The summed E-state index contributed by atoms with van der Waals surface area (Å²) < 4.78 is 34.1. The lowest BCUT2D eigenvalue weighted by Crippen LogP contribution is -2.31. The summed E-state index contributed by atoms with van der Waals surface area (Å²) in [5.41, 5.74) is 1.40. The number of sulfonamides is 1. The minimum atomic E-state index is -4.09. The maximum absolute atomic E-state index is 12.7. The van der Waals surface area contributed by atoms with Crippen molar-refractivity contribution in [2.45, 2.75) is 18.4 Å². The zero-order valence-corrected chi connectivity index (χ0v) is 18.5. The molecular weight excluding hydrogens is 478 g/mol. The van der Waals surface area contributed by atoms with Gasteiger partial charge in [-0.15, -0.1) is 0 Å². The topological polar surface area (TPSA) is 72.5 Å². The van der Waals surface area contributed by atoms with Crippen LogP contribution in [0.3, 0.4) is 0 Å². The monoisotopic (exact) mass is 493 g/mol. The number of halogens is 2. The number of para-hydroxylation sites is 1. The van der Waals surface area contributed by atoms with Gasteiger partial charge in [0.25, 0.3) is 15.9 Å². The molecule has 0 fully saturated rings. The molecule has 0 radical (unpaired) electrons. The summed E-state index contributed by atoms with van der Waals surface area (Å²) in [6, 6.07) is 18.5. The first-order valence-electron chi connectivity index (χ1n) is 8.56. The molecule has 0 saturated carbocycles. The maximum Gasteiger partial charge on any atom is 0.268 e. The van der Waals surface area contributed by atoms with E-state index in [1.165, 1.54) is 18.2 Å². The van der Waals surface area contributed by atoms with Crippen LogP contribution in [-0.4, -0.2) is 14.3 Å². The van der Waals surface area contributed by atoms with E-state index in [0.717, 1.165) is 10.0 Å². The van der Waals surface area contributed by atoms with Crippen LogP contribution in [0.4, 0.5) is 0 Å². The molecule has 3 rings (SSSR count). The summed E-state index contributed by atoms with van der Waals surface area (Å²) >= 11 is 9.38. The molecule has 8 heteroatoms. The number of ether oxygens (including phenoxy) is 1. The highest BCUT2D eigenvalue weighted by Crippen LogP contribution is 2.24. The Kier molecular flexibility index (Phi) is 6.62. The van der Waals surface area contributed by atoms with Gasteiger partial charge in [-0.2, -0.15) is 0 Å². The predicted octanol–water partition coefficient (Wildman–Crippen LogP) is 5.11. The zero-order chi connectivity index (χ0) is 21.0. The third kappa shape index (κ3) is 5.18. The third-order valence-electron chi connectivity index (χ3n) is 4.17. The molecule has 0 aromatic heterocycles. The van der Waals surface area contributed by atoms with Gasteiger partial charge in [0, 0.05) is 9.50 Å². The van der Waals surface area contributed by atoms with E-state index in [2.05, 4.69) is 20.7 Å². The predicted molar refractivity (Wildman–Crippen MR) is 116 cm³/mol. The molecule has 3 aromatic carbocycles. The zero-order valence-electron chi connectivity index (χ0n) is 15.4. The van der Waals surface area contributed by atoms with Crippen molar-refractivity contribution in [1.29, 1.82) is 0 Å². The Morgan fingerprint density at radius 1 is 1.03 bits per heavy atom. The van der Waals surface area contributed by atoms with Crippen LogP contribution < -0.4 is 9.46 Å². The highest BCUT2D eigenvalue weighted by molar-refractivity contribution is 9.10. The molecule has 0 aliphatic rings. The number of hydrogen-bond donors (Lipinski definition) is 1. The molecule has 0 aliphatic carbocycles. The van der Waals surface area contributed by atoms with Crippen LogP contribution >= 0.6 is 27.5 Å². The van der Waals surface area contributed by atoms with Crippen LogP contribution in [0.1, 0.15) is 21.5 Å². The summed E-state index contributed by atoms with van der Waals surface area (Å²) in [4.78, 5) is 12.6. The number of hydrogen-bond acceptors (Lipinski definition) is 4. The lowest BCUT2D eigenvalue weighted by atomic mass is 10.2. The molecule has 0 heterocycles. The van der Waals surface area contributed by atoms with E-state index in [0.29, 0.717) is 10.6 Å². The first-order valence-corrected chi connectivity index (χ1v) is 11.2. The van der Waals surface area contributed by atoms with Crippen LogP contribution in [0.15, 0.2) is 76.1 Å². The van der Waals surface area contributed by atoms with Crippen molar-refractivity contribution >= 4 is 43.5 Å². The normalized spacial score (nSPS) is 11.1. The molecule has 0 aliphatic heterocycles. The number of benzene rings is 3. The number of nitrogens with one attached hydrogen (secondary N) is 1. The third-order valence-corrected chi connectivity index (χ3v) is 6.59. The fourth-order valence-electron chi connectivity index (χ4n) is 2.63. The molecule has 0 spiro atoms. The van der Waals surface area contributed by atoms with E-state index in [4.69, 9.17) is 16.3 Å². The van der Waals surface area contributed by atoms with Crippen LogP contribution in [0, 0.1) is 6.92 Å². The van der Waals surface area contributed by atoms with Crippen LogP contribution in [-0.2, 0) is 16.6 Å². The number of carbonyl (C=O) groups is 1. The fraction of sp³-hybridized carbons (Fsp3) is 0.0952. The smallest absolute Gasteiger partial charge is 0.268 e. The van der Waals surface area contributed by atoms with Gasteiger partial charge in [-0.1, -0.05) is 57.9 Å². The minimum absolute atomic E-state index is 0.0494. The molecular formula is C21H17BrClNO4S. The Morgan fingerprint density at radius 2 is 1.72 bits per heavy atom. The molecule has 3 aromatic rings. The second-order valence-electron chi connectivity index (χ2n) is 6.21. The Balaban J connectivity index is 1.81. The average Bonchev–Trinajstić information content (AvgIpc) is 2.69. The quantitative estimate of drug-likeness (QED) is 0.517. The van der Waals surface area contributed by atoms with Gasteiger partial charge in [0.2, 0.25) is 0 Å². The van der Waals surface area contributed by atoms with Crippen molar-refractivity contribution in [1.82, 2.24) is 4.72 Å². The van der Waals surface area contributed by atoms with Gasteiger partial charge in [-0.25, -0.2) is 13.1 Å². The van der Waals surface area contributed by atoms with Gasteiger partial charge in [-0.3, -0.25) is 4.79 Å². The van der Waals surface area contributed by atoms with Gasteiger partial charge in [0.1, 0.15) is 12.4 Å². The standard InChI is InChI=1S/C21H17BrClNO4S/c1-14-18(23)6-4-8-20(14)29(26,27)24-21(25)17-5-2-3-7-19(17)28-13-15-9-11-16(22)12-10-15/h2-12H,13H2,1H3,(H,24,25). The Morgan fingerprint density at radius 3 is 2.45 bits per heavy atom. The van der Waals surface area contributed by atoms with Crippen molar-refractivity contribution in [3.05, 3.63) is 92.9 Å². The molecule has 1 N–H and O–H groups in total. The van der Waals surface area contributed by atoms with Gasteiger partial charge < -0.3 is 4.74 Å². The van der Waals surface area contributed by atoms with E-state index in [1.807, 2.05) is 24.3 Å². The summed E-state index contributed by atoms with van der Waals surface area (Å²) in [7, 11) is -4.09. The van der Waals surface area contributed by atoms with Gasteiger partial charge >= 0.3 is 0 Å². The molecule has 150 valence electrons. The summed E-state index contributed by atoms with van der Waals surface area (Å²) in [6.45, 7) is 1.81. The summed E-state index contributed by atoms with van der Waals surface area (Å²) in [6.07, 6.45) is 0. The Labute approximate surface area is 182 Å². The van der Waals surface area contributed by atoms with Crippen LogP contribution in [0.2, 0.25) is 5.02 Å². The van der Waals surface area contributed by atoms with Crippen molar-refractivity contribution in [2.24, 2.45) is 0 Å². The van der Waals surface area contributed by atoms with Gasteiger partial charge in [0.15, 0.2) is 0 Å². The summed E-state index contributed by atoms with van der Waals surface area (Å²) in [5.74, 6) is -0.498. The Hall–Kier alpha value is -2.35. The van der Waals surface area contributed by atoms with Crippen LogP contribution in [0.25, 0.3) is 0 Å². The first-order chi connectivity index (χ1) is 13.8. The maximum atomic E-state index is 12.7. The van der Waals surface area contributed by atoms with Crippen molar-refractivity contribution in [3.63, 3.8) is 0 Å². The number of rotatable bonds is 6. The first kappa shape index (κ1) is 21.4. The second-order valence-corrected chi connectivity index (χ2v) is 9.18. The second kappa shape index (κ2) is 8.98. The lowest BCUT2D eigenvalue weighted by molar-refractivity contribution is 0.0977. The van der Waals surface area contributed by atoms with E-state index >= 15 is 0 Å². The molecule has 29 heavy (non-hydrogen) atoms. The average molecular weight is 495 g/mol. The number of amides is 1. The molecule has 5 nitrogen and oxygen atoms in total. The van der Waals surface area contributed by atoms with E-state index in [1.54, 1.807) is 31.2 Å². The van der Waals surface area contributed by atoms with Gasteiger partial charge in [-0.05, 0) is 54.4 Å². The number of carbonyl (C=O) groups excluding carboxylic acids is 1. The molecule has 0 unspecified atom stereocenters. The molecule has 0 atom stereocenters. The van der Waals surface area contributed by atoms with Crippen molar-refractivity contribution in [3.8, 4) is 5.75 Å². The SMILES string of the molecule is Cc1c(Cl)cccc1S(=O)(=O)NC(=O)c1ccccc1OCc1ccc(Br)cc1. The molecule has 0 bridgehead atoms. The van der Waals surface area contributed by atoms with E-state index < -0.39 is 15.9 Å². The summed E-state index contributed by atoms with van der Waals surface area (Å²) in [5, 5.41) is 0.304. The fourth-order valence-corrected chi connectivity index (χ4v) is 4.36. The van der Waals surface area contributed by atoms with Crippen molar-refractivity contribution in [2.75, 3.05) is 0 Å². The highest BCUT2D eigenvalue weighted by Gasteiger charge is 2.23. The Bertz CT molecular complexity index is 1150. The van der Waals surface area contributed by atoms with E-state index in [-0.39, 0.29) is 22.8 Å². The largest absolute Gasteiger partial charge is 0.488 e. The van der Waals surface area contributed by atoms with Crippen molar-refractivity contribution < 1.29 is 17.9 Å². The highest BCUT2D eigenvalue weighted by atomic mass is 79.9. The van der Waals surface area contributed by atoms with Gasteiger partial charge in [0.05, 0.1) is 10.5 Å². The van der Waals surface area contributed by atoms with E-state index in [9.17, 15) is 13.2 Å².